The van der Waals surface area contributed by atoms with Crippen LogP contribution in [-0.2, 0) is 6.54 Å². The summed E-state index contributed by atoms with van der Waals surface area (Å²) in [6.45, 7) is 5.97. The predicted molar refractivity (Wildman–Crippen MR) is 80.2 cm³/mol. The molecule has 0 amide bonds. The standard InChI is InChI=1S/C16H21N3O/c1-3-9-19-11-12(2)17-16(19)18-14-8-10-20-15-7-5-4-6-13(14)15/h4-7,11,14H,3,8-10H2,1-2H3,(H,17,18). The first-order chi connectivity index (χ1) is 9.78. The Bertz CT molecular complexity index is 591. The lowest BCUT2D eigenvalue weighted by molar-refractivity contribution is 0.274. The third-order valence-corrected chi connectivity index (χ3v) is 3.62. The molecule has 0 bridgehead atoms. The first-order valence-electron chi connectivity index (χ1n) is 7.30. The van der Waals surface area contributed by atoms with Gasteiger partial charge < -0.3 is 14.6 Å². The van der Waals surface area contributed by atoms with Gasteiger partial charge in [0.2, 0.25) is 5.95 Å². The summed E-state index contributed by atoms with van der Waals surface area (Å²) in [4.78, 5) is 4.61. The van der Waals surface area contributed by atoms with E-state index in [0.29, 0.717) is 0 Å². The summed E-state index contributed by atoms with van der Waals surface area (Å²) in [5, 5.41) is 3.58. The van der Waals surface area contributed by atoms with Crippen LogP contribution in [0.5, 0.6) is 5.75 Å². The summed E-state index contributed by atoms with van der Waals surface area (Å²) in [7, 11) is 0. The monoisotopic (exact) mass is 271 g/mol. The van der Waals surface area contributed by atoms with Crippen molar-refractivity contribution in [3.63, 3.8) is 0 Å². The maximum atomic E-state index is 5.71. The number of benzene rings is 1. The molecule has 2 heterocycles. The van der Waals surface area contributed by atoms with Gasteiger partial charge >= 0.3 is 0 Å². The van der Waals surface area contributed by atoms with Crippen molar-refractivity contribution in [3.05, 3.63) is 41.7 Å². The highest BCUT2D eigenvalue weighted by molar-refractivity contribution is 5.42. The number of hydrogen-bond acceptors (Lipinski definition) is 3. The van der Waals surface area contributed by atoms with E-state index in [4.69, 9.17) is 4.74 Å². The number of anilines is 1. The molecule has 1 aliphatic rings. The summed E-state index contributed by atoms with van der Waals surface area (Å²) in [5.41, 5.74) is 2.28. The lowest BCUT2D eigenvalue weighted by Crippen LogP contribution is -2.22. The number of imidazole rings is 1. The molecule has 1 unspecified atom stereocenters. The fourth-order valence-corrected chi connectivity index (χ4v) is 2.72. The minimum atomic E-state index is 0.275. The zero-order valence-electron chi connectivity index (χ0n) is 12.1. The molecular weight excluding hydrogens is 250 g/mol. The van der Waals surface area contributed by atoms with Crippen LogP contribution in [0.3, 0.4) is 0 Å². The molecule has 20 heavy (non-hydrogen) atoms. The number of ether oxygens (including phenoxy) is 1. The number of aryl methyl sites for hydroxylation is 2. The Balaban J connectivity index is 1.85. The van der Waals surface area contributed by atoms with Crippen LogP contribution in [0.15, 0.2) is 30.5 Å². The van der Waals surface area contributed by atoms with Crippen LogP contribution < -0.4 is 10.1 Å². The molecule has 1 aliphatic heterocycles. The Labute approximate surface area is 119 Å². The molecule has 0 saturated heterocycles. The Morgan fingerprint density at radius 1 is 1.40 bits per heavy atom. The fourth-order valence-electron chi connectivity index (χ4n) is 2.72. The van der Waals surface area contributed by atoms with Crippen LogP contribution in [0.2, 0.25) is 0 Å². The van der Waals surface area contributed by atoms with E-state index in [1.807, 2.05) is 19.1 Å². The predicted octanol–water partition coefficient (Wildman–Crippen LogP) is 3.54. The fraction of sp³-hybridized carbons (Fsp3) is 0.438. The summed E-state index contributed by atoms with van der Waals surface area (Å²) < 4.78 is 7.91. The Morgan fingerprint density at radius 3 is 3.10 bits per heavy atom. The molecule has 0 aliphatic carbocycles. The van der Waals surface area contributed by atoms with Crippen LogP contribution in [0.1, 0.15) is 37.1 Å². The van der Waals surface area contributed by atoms with Gasteiger partial charge in [-0.1, -0.05) is 25.1 Å². The van der Waals surface area contributed by atoms with E-state index in [1.54, 1.807) is 0 Å². The van der Waals surface area contributed by atoms with E-state index in [2.05, 4.69) is 40.1 Å². The number of nitrogens with zero attached hydrogens (tertiary/aromatic N) is 2. The van der Waals surface area contributed by atoms with Crippen LogP contribution in [0, 0.1) is 6.92 Å². The minimum absolute atomic E-state index is 0.275. The summed E-state index contributed by atoms with van der Waals surface area (Å²) in [6.07, 6.45) is 4.18. The first-order valence-corrected chi connectivity index (χ1v) is 7.30. The quantitative estimate of drug-likeness (QED) is 0.924. The second kappa shape index (κ2) is 5.57. The van der Waals surface area contributed by atoms with Gasteiger partial charge in [0.25, 0.3) is 0 Å². The molecular formula is C16H21N3O. The highest BCUT2D eigenvalue weighted by atomic mass is 16.5. The van der Waals surface area contributed by atoms with Crippen molar-refractivity contribution < 1.29 is 4.74 Å². The highest BCUT2D eigenvalue weighted by Crippen LogP contribution is 2.33. The van der Waals surface area contributed by atoms with Crippen molar-refractivity contribution >= 4 is 5.95 Å². The number of nitrogens with one attached hydrogen (secondary N) is 1. The highest BCUT2D eigenvalue weighted by Gasteiger charge is 2.22. The van der Waals surface area contributed by atoms with Gasteiger partial charge in [0.1, 0.15) is 5.75 Å². The lowest BCUT2D eigenvalue weighted by Gasteiger charge is -2.27. The van der Waals surface area contributed by atoms with E-state index in [-0.39, 0.29) is 6.04 Å². The first kappa shape index (κ1) is 13.0. The molecule has 1 N–H and O–H groups in total. The van der Waals surface area contributed by atoms with E-state index < -0.39 is 0 Å². The zero-order chi connectivity index (χ0) is 13.9. The molecule has 0 saturated carbocycles. The van der Waals surface area contributed by atoms with Gasteiger partial charge in [0.05, 0.1) is 18.3 Å². The molecule has 106 valence electrons. The van der Waals surface area contributed by atoms with Crippen molar-refractivity contribution in [3.8, 4) is 5.75 Å². The average Bonchev–Trinajstić information content (AvgIpc) is 2.80. The smallest absolute Gasteiger partial charge is 0.203 e. The Kier molecular flexibility index (Phi) is 3.63. The average molecular weight is 271 g/mol. The van der Waals surface area contributed by atoms with Crippen LogP contribution in [-0.4, -0.2) is 16.2 Å². The van der Waals surface area contributed by atoms with E-state index in [9.17, 15) is 0 Å². The van der Waals surface area contributed by atoms with Gasteiger partial charge in [0.15, 0.2) is 0 Å². The molecule has 1 atom stereocenters. The van der Waals surface area contributed by atoms with Crippen LogP contribution >= 0.6 is 0 Å². The maximum Gasteiger partial charge on any atom is 0.203 e. The van der Waals surface area contributed by atoms with Gasteiger partial charge in [0, 0.05) is 24.7 Å². The zero-order valence-corrected chi connectivity index (χ0v) is 12.1. The number of para-hydroxylation sites is 1. The number of fused-ring (bicyclic) bond motifs is 1. The molecule has 3 rings (SSSR count). The Hall–Kier alpha value is -1.97. The van der Waals surface area contributed by atoms with Crippen LogP contribution in [0.4, 0.5) is 5.95 Å². The van der Waals surface area contributed by atoms with Crippen molar-refractivity contribution in [2.24, 2.45) is 0 Å². The molecule has 0 radical (unpaired) electrons. The third kappa shape index (κ3) is 2.50. The summed E-state index contributed by atoms with van der Waals surface area (Å²) in [5.74, 6) is 1.95. The maximum absolute atomic E-state index is 5.71. The second-order valence-electron chi connectivity index (χ2n) is 5.27. The topological polar surface area (TPSA) is 39.1 Å². The van der Waals surface area contributed by atoms with Gasteiger partial charge in [-0.15, -0.1) is 0 Å². The van der Waals surface area contributed by atoms with Crippen LogP contribution in [0.25, 0.3) is 0 Å². The van der Waals surface area contributed by atoms with Gasteiger partial charge in [-0.2, -0.15) is 0 Å². The second-order valence-corrected chi connectivity index (χ2v) is 5.27. The lowest BCUT2D eigenvalue weighted by atomic mass is 10.0. The molecule has 2 aromatic rings. The van der Waals surface area contributed by atoms with Crippen molar-refractivity contribution in [2.75, 3.05) is 11.9 Å². The largest absolute Gasteiger partial charge is 0.493 e. The van der Waals surface area contributed by atoms with E-state index >= 15 is 0 Å². The van der Waals surface area contributed by atoms with Gasteiger partial charge in [-0.25, -0.2) is 4.98 Å². The van der Waals surface area contributed by atoms with Crippen molar-refractivity contribution in [1.82, 2.24) is 9.55 Å². The Morgan fingerprint density at radius 2 is 2.25 bits per heavy atom. The number of hydrogen-bond donors (Lipinski definition) is 1. The van der Waals surface area contributed by atoms with Gasteiger partial charge in [-0.05, 0) is 19.4 Å². The van der Waals surface area contributed by atoms with Gasteiger partial charge in [-0.3, -0.25) is 0 Å². The van der Waals surface area contributed by atoms with Crippen molar-refractivity contribution in [1.29, 1.82) is 0 Å². The molecule has 1 aromatic carbocycles. The van der Waals surface area contributed by atoms with E-state index in [0.717, 1.165) is 43.4 Å². The number of aromatic nitrogens is 2. The SMILES string of the molecule is CCCn1cc(C)nc1NC1CCOc2ccccc21. The summed E-state index contributed by atoms with van der Waals surface area (Å²) in [6, 6.07) is 8.52. The minimum Gasteiger partial charge on any atom is -0.493 e. The third-order valence-electron chi connectivity index (χ3n) is 3.62. The number of rotatable bonds is 4. The molecule has 0 fully saturated rings. The normalized spacial score (nSPS) is 17.4. The molecule has 1 aromatic heterocycles. The summed E-state index contributed by atoms with van der Waals surface area (Å²) >= 11 is 0. The van der Waals surface area contributed by atoms with Crippen molar-refractivity contribution in [2.45, 2.75) is 39.3 Å². The molecule has 4 heteroatoms. The molecule has 4 nitrogen and oxygen atoms in total. The molecule has 0 spiro atoms. The van der Waals surface area contributed by atoms with E-state index in [1.165, 1.54) is 5.56 Å².